The van der Waals surface area contributed by atoms with Gasteiger partial charge in [-0.3, -0.25) is 9.59 Å². The third-order valence-corrected chi connectivity index (χ3v) is 6.17. The summed E-state index contributed by atoms with van der Waals surface area (Å²) in [6, 6.07) is 7.41. The number of nitrogens with one attached hydrogen (secondary N) is 1. The van der Waals surface area contributed by atoms with Gasteiger partial charge < -0.3 is 20.4 Å². The molecule has 2 amide bonds. The number of primary amides is 1. The number of nitrogens with two attached hydrogens (primary N) is 1. The molecule has 2 aromatic rings. The number of anilines is 1. The lowest BCUT2D eigenvalue weighted by molar-refractivity contribution is -0.118. The fourth-order valence-electron chi connectivity index (χ4n) is 2.99. The van der Waals surface area contributed by atoms with Crippen LogP contribution in [0.5, 0.6) is 0 Å². The SMILES string of the molecule is CC(Sc1nnc(CCC(N)=O)n1CC1CCCO1)C(=O)Nc1ccc(Br)cc1. The molecule has 29 heavy (non-hydrogen) atoms. The molecular weight excluding hydrogens is 458 g/mol. The van der Waals surface area contributed by atoms with Gasteiger partial charge in [-0.05, 0) is 44.0 Å². The molecule has 3 N–H and O–H groups in total. The Morgan fingerprint density at radius 2 is 2.14 bits per heavy atom. The van der Waals surface area contributed by atoms with Crippen molar-refractivity contribution in [1.82, 2.24) is 14.8 Å². The standard InChI is InChI=1S/C19H24BrN5O3S/c1-12(18(27)22-14-6-4-13(20)5-7-14)29-19-24-23-17(9-8-16(21)26)25(19)11-15-3-2-10-28-15/h4-7,12,15H,2-3,8-11H2,1H3,(H2,21,26)(H,22,27). The first-order valence-electron chi connectivity index (χ1n) is 9.47. The first-order valence-corrected chi connectivity index (χ1v) is 11.1. The number of hydrogen-bond acceptors (Lipinski definition) is 6. The highest BCUT2D eigenvalue weighted by Crippen LogP contribution is 2.26. The van der Waals surface area contributed by atoms with Gasteiger partial charge in [0.25, 0.3) is 0 Å². The van der Waals surface area contributed by atoms with E-state index in [1.54, 1.807) is 0 Å². The number of ether oxygens (including phenoxy) is 1. The Bertz CT molecular complexity index is 852. The molecule has 156 valence electrons. The molecule has 1 fully saturated rings. The predicted octanol–water partition coefficient (Wildman–Crippen LogP) is 2.76. The Kier molecular flexibility index (Phi) is 7.68. The average Bonchev–Trinajstić information content (AvgIpc) is 3.33. The van der Waals surface area contributed by atoms with E-state index in [1.165, 1.54) is 11.8 Å². The van der Waals surface area contributed by atoms with Crippen LogP contribution in [0.25, 0.3) is 0 Å². The summed E-state index contributed by atoms with van der Waals surface area (Å²) in [7, 11) is 0. The Morgan fingerprint density at radius 3 is 2.79 bits per heavy atom. The van der Waals surface area contributed by atoms with Gasteiger partial charge in [-0.2, -0.15) is 0 Å². The maximum atomic E-state index is 12.6. The fraction of sp³-hybridized carbons (Fsp3) is 0.474. The Morgan fingerprint density at radius 1 is 1.38 bits per heavy atom. The van der Waals surface area contributed by atoms with E-state index < -0.39 is 0 Å². The van der Waals surface area contributed by atoms with Crippen molar-refractivity contribution in [1.29, 1.82) is 0 Å². The highest BCUT2D eigenvalue weighted by Gasteiger charge is 2.24. The van der Waals surface area contributed by atoms with Crippen LogP contribution in [0.4, 0.5) is 5.69 Å². The second-order valence-corrected chi connectivity index (χ2v) is 9.09. The lowest BCUT2D eigenvalue weighted by Gasteiger charge is -2.16. The van der Waals surface area contributed by atoms with Crippen LogP contribution in [0.3, 0.4) is 0 Å². The van der Waals surface area contributed by atoms with Crippen LogP contribution in [0.1, 0.15) is 32.0 Å². The summed E-state index contributed by atoms with van der Waals surface area (Å²) in [5, 5.41) is 11.6. The number of thioether (sulfide) groups is 1. The number of hydrogen-bond donors (Lipinski definition) is 2. The maximum Gasteiger partial charge on any atom is 0.237 e. The van der Waals surface area contributed by atoms with Crippen LogP contribution in [0.15, 0.2) is 33.9 Å². The van der Waals surface area contributed by atoms with E-state index in [0.29, 0.717) is 23.9 Å². The minimum absolute atomic E-state index is 0.0876. The lowest BCUT2D eigenvalue weighted by atomic mass is 10.2. The molecule has 2 atom stereocenters. The van der Waals surface area contributed by atoms with E-state index in [9.17, 15) is 9.59 Å². The van der Waals surface area contributed by atoms with Crippen LogP contribution in [0.2, 0.25) is 0 Å². The van der Waals surface area contributed by atoms with Gasteiger partial charge in [0, 0.05) is 29.6 Å². The first-order chi connectivity index (χ1) is 13.9. The highest BCUT2D eigenvalue weighted by atomic mass is 79.9. The van der Waals surface area contributed by atoms with E-state index in [0.717, 1.165) is 29.6 Å². The number of nitrogens with zero attached hydrogens (tertiary/aromatic N) is 3. The van der Waals surface area contributed by atoms with Gasteiger partial charge in [-0.15, -0.1) is 10.2 Å². The van der Waals surface area contributed by atoms with Crippen molar-refractivity contribution in [3.63, 3.8) is 0 Å². The topological polar surface area (TPSA) is 112 Å². The number of benzene rings is 1. The molecule has 1 aromatic carbocycles. The van der Waals surface area contributed by atoms with Crippen LogP contribution < -0.4 is 11.1 Å². The van der Waals surface area contributed by atoms with Crippen molar-refractivity contribution in [3.8, 4) is 0 Å². The number of amides is 2. The normalized spacial score (nSPS) is 17.2. The van der Waals surface area contributed by atoms with Crippen molar-refractivity contribution < 1.29 is 14.3 Å². The molecule has 0 aliphatic carbocycles. The molecule has 1 saturated heterocycles. The van der Waals surface area contributed by atoms with Crippen LogP contribution in [-0.4, -0.2) is 44.5 Å². The van der Waals surface area contributed by atoms with Crippen LogP contribution in [-0.2, 0) is 27.3 Å². The number of carbonyl (C=O) groups is 2. The van der Waals surface area contributed by atoms with Crippen LogP contribution >= 0.6 is 27.7 Å². The van der Waals surface area contributed by atoms with Gasteiger partial charge in [0.15, 0.2) is 5.16 Å². The third-order valence-electron chi connectivity index (χ3n) is 4.56. The molecule has 0 bridgehead atoms. The molecule has 1 aliphatic heterocycles. The Labute approximate surface area is 182 Å². The molecule has 8 nitrogen and oxygen atoms in total. The summed E-state index contributed by atoms with van der Waals surface area (Å²) in [5.41, 5.74) is 6.01. The third kappa shape index (κ3) is 6.28. The molecule has 0 spiro atoms. The molecule has 10 heteroatoms. The van der Waals surface area contributed by atoms with Crippen molar-refractivity contribution in [2.45, 2.75) is 55.7 Å². The summed E-state index contributed by atoms with van der Waals surface area (Å²) in [5.74, 6) is 0.179. The number of aromatic nitrogens is 3. The lowest BCUT2D eigenvalue weighted by Crippen LogP contribution is -2.24. The highest BCUT2D eigenvalue weighted by molar-refractivity contribution is 9.10. The summed E-state index contributed by atoms with van der Waals surface area (Å²) in [4.78, 5) is 23.8. The molecule has 2 unspecified atom stereocenters. The molecule has 3 rings (SSSR count). The summed E-state index contributed by atoms with van der Waals surface area (Å²) in [6.07, 6.45) is 2.70. The van der Waals surface area contributed by atoms with Crippen LogP contribution in [0, 0.1) is 0 Å². The smallest absolute Gasteiger partial charge is 0.237 e. The quantitative estimate of drug-likeness (QED) is 0.532. The van der Waals surface area contributed by atoms with Crippen molar-refractivity contribution in [2.75, 3.05) is 11.9 Å². The summed E-state index contributed by atoms with van der Waals surface area (Å²) < 4.78 is 8.64. The van der Waals surface area contributed by atoms with E-state index in [1.807, 2.05) is 35.8 Å². The zero-order valence-electron chi connectivity index (χ0n) is 16.1. The Balaban J connectivity index is 1.69. The fourth-order valence-corrected chi connectivity index (χ4v) is 4.13. The predicted molar refractivity (Wildman–Crippen MR) is 115 cm³/mol. The summed E-state index contributed by atoms with van der Waals surface area (Å²) >= 11 is 4.71. The largest absolute Gasteiger partial charge is 0.376 e. The molecule has 2 heterocycles. The van der Waals surface area contributed by atoms with Gasteiger partial charge in [-0.1, -0.05) is 27.7 Å². The number of aryl methyl sites for hydroxylation is 1. The van der Waals surface area contributed by atoms with Crippen molar-refractivity contribution in [3.05, 3.63) is 34.6 Å². The zero-order valence-corrected chi connectivity index (χ0v) is 18.5. The number of carbonyl (C=O) groups excluding carboxylic acids is 2. The van der Waals surface area contributed by atoms with E-state index in [-0.39, 0.29) is 29.6 Å². The maximum absolute atomic E-state index is 12.6. The minimum atomic E-state index is -0.381. The van der Waals surface area contributed by atoms with Gasteiger partial charge in [-0.25, -0.2) is 0 Å². The number of halogens is 1. The van der Waals surface area contributed by atoms with E-state index in [2.05, 4.69) is 31.4 Å². The number of rotatable bonds is 9. The van der Waals surface area contributed by atoms with Gasteiger partial charge in [0.05, 0.1) is 17.9 Å². The van der Waals surface area contributed by atoms with E-state index >= 15 is 0 Å². The second kappa shape index (κ2) is 10.2. The van der Waals surface area contributed by atoms with Crippen molar-refractivity contribution in [2.24, 2.45) is 5.73 Å². The van der Waals surface area contributed by atoms with E-state index in [4.69, 9.17) is 10.5 Å². The molecular formula is C19H24BrN5O3S. The van der Waals surface area contributed by atoms with Gasteiger partial charge in [0.1, 0.15) is 5.82 Å². The first kappa shape index (κ1) is 21.8. The Hall–Kier alpha value is -1.91. The summed E-state index contributed by atoms with van der Waals surface area (Å²) in [6.45, 7) is 3.18. The van der Waals surface area contributed by atoms with Gasteiger partial charge >= 0.3 is 0 Å². The molecule has 0 saturated carbocycles. The molecule has 0 radical (unpaired) electrons. The average molecular weight is 482 g/mol. The molecule has 1 aromatic heterocycles. The second-order valence-electron chi connectivity index (χ2n) is 6.87. The molecule has 1 aliphatic rings. The van der Waals surface area contributed by atoms with Gasteiger partial charge in [0.2, 0.25) is 11.8 Å². The minimum Gasteiger partial charge on any atom is -0.376 e. The van der Waals surface area contributed by atoms with Crippen molar-refractivity contribution >= 4 is 45.2 Å². The monoisotopic (exact) mass is 481 g/mol. The zero-order chi connectivity index (χ0) is 20.8.